The Morgan fingerprint density at radius 2 is 1.77 bits per heavy atom. The van der Waals surface area contributed by atoms with Crippen molar-refractivity contribution in [2.75, 3.05) is 38.2 Å². The van der Waals surface area contributed by atoms with Crippen LogP contribution in [0.4, 0.5) is 11.5 Å². The normalized spacial score (nSPS) is 15.7. The van der Waals surface area contributed by atoms with Crippen molar-refractivity contribution in [3.8, 4) is 5.75 Å². The molecule has 26 heavy (non-hydrogen) atoms. The van der Waals surface area contributed by atoms with E-state index in [2.05, 4.69) is 4.98 Å². The van der Waals surface area contributed by atoms with Crippen molar-refractivity contribution in [3.63, 3.8) is 0 Å². The summed E-state index contributed by atoms with van der Waals surface area (Å²) in [6, 6.07) is 9.21. The minimum absolute atomic E-state index is 0.0287. The molecule has 0 saturated carbocycles. The average molecular weight is 379 g/mol. The van der Waals surface area contributed by atoms with Crippen molar-refractivity contribution in [2.45, 2.75) is 4.90 Å². The second-order valence-corrected chi connectivity index (χ2v) is 7.67. The Hall–Kier alpha value is -2.72. The number of piperazine rings is 1. The van der Waals surface area contributed by atoms with E-state index in [0.717, 1.165) is 0 Å². The summed E-state index contributed by atoms with van der Waals surface area (Å²) in [4.78, 5) is 15.6. The molecule has 1 aliphatic rings. The third-order valence-corrected chi connectivity index (χ3v) is 6.17. The van der Waals surface area contributed by atoms with Crippen molar-refractivity contribution in [1.82, 2.24) is 4.31 Å². The van der Waals surface area contributed by atoms with E-state index in [0.29, 0.717) is 24.7 Å². The number of rotatable bonds is 5. The van der Waals surface area contributed by atoms with Crippen molar-refractivity contribution < 1.29 is 23.1 Å². The largest absolute Gasteiger partial charge is 0.497 e. The maximum atomic E-state index is 12.8. The summed E-state index contributed by atoms with van der Waals surface area (Å²) in [6.45, 7) is 1.20. The van der Waals surface area contributed by atoms with Crippen LogP contribution in [-0.2, 0) is 10.0 Å². The maximum Gasteiger partial charge on any atom is 0.357 e. The van der Waals surface area contributed by atoms with E-state index in [4.69, 9.17) is 4.74 Å². The number of ether oxygens (including phenoxy) is 1. The van der Waals surface area contributed by atoms with Crippen LogP contribution in [0.3, 0.4) is 0 Å². The number of nitrogens with one attached hydrogen (secondary N) is 1. The van der Waals surface area contributed by atoms with Crippen LogP contribution >= 0.6 is 0 Å². The summed E-state index contributed by atoms with van der Waals surface area (Å²) in [5, 5.41) is 11.2. The predicted octanol–water partition coefficient (Wildman–Crippen LogP) is 0.928. The molecule has 2 aromatic rings. The molecule has 0 spiro atoms. The summed E-state index contributed by atoms with van der Waals surface area (Å²) in [7, 11) is -2.10. The topological polar surface area (TPSA) is 107 Å². The van der Waals surface area contributed by atoms with Crippen molar-refractivity contribution in [2.24, 2.45) is 0 Å². The molecule has 2 heterocycles. The van der Waals surface area contributed by atoms with E-state index >= 15 is 0 Å². The van der Waals surface area contributed by atoms with E-state index in [1.54, 1.807) is 29.3 Å². The number of aromatic amines is 1. The van der Waals surface area contributed by atoms with Crippen LogP contribution in [0.1, 0.15) is 0 Å². The lowest BCUT2D eigenvalue weighted by Gasteiger charge is -2.30. The number of methoxy groups -OCH3 is 1. The zero-order valence-electron chi connectivity index (χ0n) is 14.2. The van der Waals surface area contributed by atoms with E-state index in [1.807, 2.05) is 0 Å². The van der Waals surface area contributed by atoms with Gasteiger partial charge in [-0.1, -0.05) is 0 Å². The van der Waals surface area contributed by atoms with Gasteiger partial charge in [-0.3, -0.25) is 15.0 Å². The zero-order chi connectivity index (χ0) is 18.7. The van der Waals surface area contributed by atoms with Crippen molar-refractivity contribution in [1.29, 1.82) is 0 Å². The molecule has 0 aliphatic carbocycles. The average Bonchev–Trinajstić information content (AvgIpc) is 2.68. The fourth-order valence-electron chi connectivity index (χ4n) is 2.87. The van der Waals surface area contributed by atoms with Crippen LogP contribution in [0.15, 0.2) is 47.5 Å². The number of pyridine rings is 1. The number of hydrogen-bond donors (Lipinski definition) is 0. The van der Waals surface area contributed by atoms with Crippen LogP contribution in [-0.4, -0.2) is 50.9 Å². The molecule has 1 aromatic carbocycles. The number of aromatic nitrogens is 1. The highest BCUT2D eigenvalue weighted by atomic mass is 32.2. The molecule has 1 saturated heterocycles. The highest BCUT2D eigenvalue weighted by molar-refractivity contribution is 7.89. The van der Waals surface area contributed by atoms with Gasteiger partial charge in [0.25, 0.3) is 0 Å². The molecule has 0 unspecified atom stereocenters. The number of sulfonamides is 1. The molecule has 0 radical (unpaired) electrons. The zero-order valence-corrected chi connectivity index (χ0v) is 15.0. The quantitative estimate of drug-likeness (QED) is 0.565. The first-order chi connectivity index (χ1) is 12.4. The Morgan fingerprint density at radius 3 is 2.35 bits per heavy atom. The maximum absolute atomic E-state index is 12.8. The van der Waals surface area contributed by atoms with Crippen LogP contribution in [0.5, 0.6) is 5.75 Å². The molecule has 0 amide bonds. The third kappa shape index (κ3) is 3.46. The van der Waals surface area contributed by atoms with Gasteiger partial charge < -0.3 is 4.74 Å². The highest BCUT2D eigenvalue weighted by Gasteiger charge is 2.35. The first kappa shape index (κ1) is 18.1. The van der Waals surface area contributed by atoms with Gasteiger partial charge in [0.05, 0.1) is 49.3 Å². The van der Waals surface area contributed by atoms with Crippen molar-refractivity contribution >= 4 is 21.5 Å². The Balaban J connectivity index is 1.74. The fourth-order valence-corrected chi connectivity index (χ4v) is 4.29. The molecular formula is C16H19N4O5S+. The minimum Gasteiger partial charge on any atom is -0.497 e. The molecular weight excluding hydrogens is 360 g/mol. The summed E-state index contributed by atoms with van der Waals surface area (Å²) in [5.41, 5.74) is -0.0287. The fraction of sp³-hybridized carbons (Fsp3) is 0.312. The number of anilines is 1. The van der Waals surface area contributed by atoms with E-state index in [-0.39, 0.29) is 23.7 Å². The van der Waals surface area contributed by atoms with Crippen LogP contribution in [0.25, 0.3) is 0 Å². The summed E-state index contributed by atoms with van der Waals surface area (Å²) in [5.74, 6) is 0.972. The van der Waals surface area contributed by atoms with E-state index in [1.165, 1.54) is 29.6 Å². The molecule has 0 atom stereocenters. The number of nitro groups is 1. The van der Waals surface area contributed by atoms with Gasteiger partial charge in [-0.25, -0.2) is 13.4 Å². The number of H-pyrrole nitrogens is 1. The van der Waals surface area contributed by atoms with Gasteiger partial charge in [-0.2, -0.15) is 4.31 Å². The molecule has 1 aromatic heterocycles. The summed E-state index contributed by atoms with van der Waals surface area (Å²) in [6.07, 6.45) is 1.61. The lowest BCUT2D eigenvalue weighted by Crippen LogP contribution is -2.50. The first-order valence-electron chi connectivity index (χ1n) is 7.98. The summed E-state index contributed by atoms with van der Waals surface area (Å²) < 4.78 is 31.9. The molecule has 138 valence electrons. The lowest BCUT2D eigenvalue weighted by molar-refractivity contribution is -0.411. The van der Waals surface area contributed by atoms with Gasteiger partial charge in [0.2, 0.25) is 10.0 Å². The molecule has 1 fully saturated rings. The van der Waals surface area contributed by atoms with Crippen LogP contribution in [0.2, 0.25) is 0 Å². The lowest BCUT2D eigenvalue weighted by atomic mass is 10.3. The number of benzene rings is 1. The van der Waals surface area contributed by atoms with E-state index < -0.39 is 14.9 Å². The van der Waals surface area contributed by atoms with Gasteiger partial charge >= 0.3 is 11.5 Å². The standard InChI is InChI=1S/C16H18N4O5S/c1-25-13-4-6-14(7-5-13)26(23,24)19-11-9-18(10-12-19)16-15(20(21)22)3-2-8-17-16/h2-8H,9-12H2,1H3/p+1. The van der Waals surface area contributed by atoms with Crippen LogP contribution in [0, 0.1) is 10.1 Å². The highest BCUT2D eigenvalue weighted by Crippen LogP contribution is 2.25. The molecule has 10 heteroatoms. The molecule has 0 bridgehead atoms. The van der Waals surface area contributed by atoms with Gasteiger partial charge in [0.1, 0.15) is 5.75 Å². The molecule has 1 N–H and O–H groups in total. The Kier molecular flexibility index (Phi) is 5.05. The Morgan fingerprint density at radius 1 is 1.12 bits per heavy atom. The van der Waals surface area contributed by atoms with Crippen LogP contribution < -0.4 is 14.6 Å². The second kappa shape index (κ2) is 7.26. The van der Waals surface area contributed by atoms with Crippen molar-refractivity contribution in [3.05, 3.63) is 52.7 Å². The third-order valence-electron chi connectivity index (χ3n) is 4.26. The van der Waals surface area contributed by atoms with Gasteiger partial charge in [0, 0.05) is 6.07 Å². The molecule has 9 nitrogen and oxygen atoms in total. The minimum atomic E-state index is -3.61. The molecule has 1 aliphatic heterocycles. The number of nitrogens with zero attached hydrogens (tertiary/aromatic N) is 3. The Labute approximate surface area is 151 Å². The van der Waals surface area contributed by atoms with Gasteiger partial charge in [0.15, 0.2) is 0 Å². The van der Waals surface area contributed by atoms with E-state index in [9.17, 15) is 18.5 Å². The number of hydrogen-bond acceptors (Lipinski definition) is 6. The predicted molar refractivity (Wildman–Crippen MR) is 93.6 cm³/mol. The Bertz CT molecular complexity index is 893. The smallest absolute Gasteiger partial charge is 0.357 e. The second-order valence-electron chi connectivity index (χ2n) is 5.73. The summed E-state index contributed by atoms with van der Waals surface area (Å²) >= 11 is 0. The monoisotopic (exact) mass is 379 g/mol. The van der Waals surface area contributed by atoms with Gasteiger partial charge in [-0.05, 0) is 30.3 Å². The first-order valence-corrected chi connectivity index (χ1v) is 9.42. The molecule has 3 rings (SSSR count). The SMILES string of the molecule is COc1ccc(S(=O)(=O)N2CCN(c3[nH+]cccc3[N+](=O)[O-])CC2)cc1. The van der Waals surface area contributed by atoms with Gasteiger partial charge in [-0.15, -0.1) is 0 Å².